The van der Waals surface area contributed by atoms with E-state index in [-0.39, 0.29) is 0 Å². The first kappa shape index (κ1) is 20.5. The van der Waals surface area contributed by atoms with E-state index in [9.17, 15) is 0 Å². The van der Waals surface area contributed by atoms with Crippen LogP contribution in [0.1, 0.15) is 30.9 Å². The van der Waals surface area contributed by atoms with Crippen molar-refractivity contribution < 1.29 is 4.74 Å². The number of guanidine groups is 1. The summed E-state index contributed by atoms with van der Waals surface area (Å²) in [5, 5.41) is 11.5. The highest BCUT2D eigenvalue weighted by Gasteiger charge is 2.08. The zero-order chi connectivity index (χ0) is 20.5. The zero-order valence-electron chi connectivity index (χ0n) is 17.2. The molecule has 3 aromatic rings. The lowest BCUT2D eigenvalue weighted by atomic mass is 10.1. The first-order chi connectivity index (χ1) is 14.2. The van der Waals surface area contributed by atoms with Crippen molar-refractivity contribution in [2.75, 3.05) is 17.3 Å². The summed E-state index contributed by atoms with van der Waals surface area (Å²) in [5.41, 5.74) is 4.33. The highest BCUT2D eigenvalue weighted by Crippen LogP contribution is 2.19. The lowest BCUT2D eigenvalue weighted by Gasteiger charge is -2.21. The van der Waals surface area contributed by atoms with Gasteiger partial charge in [0.2, 0.25) is 0 Å². The number of nitrogens with zero attached hydrogens (tertiary/aromatic N) is 1. The molecular weight excluding hydrogens is 358 g/mol. The summed E-state index contributed by atoms with van der Waals surface area (Å²) in [6.07, 6.45) is 3.51. The van der Waals surface area contributed by atoms with Gasteiger partial charge in [0, 0.05) is 18.4 Å². The fourth-order valence-electron chi connectivity index (χ4n) is 2.99. The van der Waals surface area contributed by atoms with Crippen molar-refractivity contribution in [3.8, 4) is 5.75 Å². The molecule has 0 aliphatic carbocycles. The Morgan fingerprint density at radius 3 is 2.24 bits per heavy atom. The Hall–Kier alpha value is -3.27. The monoisotopic (exact) mass is 387 g/mol. The lowest BCUT2D eigenvalue weighted by Crippen LogP contribution is -2.31. The third-order valence-corrected chi connectivity index (χ3v) is 4.84. The van der Waals surface area contributed by atoms with E-state index in [2.05, 4.69) is 36.5 Å². The molecule has 150 valence electrons. The molecule has 0 fully saturated rings. The van der Waals surface area contributed by atoms with E-state index < -0.39 is 0 Å². The van der Waals surface area contributed by atoms with Gasteiger partial charge in [0.05, 0.1) is 0 Å². The molecule has 0 saturated carbocycles. The summed E-state index contributed by atoms with van der Waals surface area (Å²) in [6, 6.07) is 26.2. The van der Waals surface area contributed by atoms with Gasteiger partial charge < -0.3 is 15.0 Å². The van der Waals surface area contributed by atoms with E-state index in [4.69, 9.17) is 10.1 Å². The first-order valence-corrected chi connectivity index (χ1v) is 10.1. The van der Waals surface area contributed by atoms with Gasteiger partial charge in [-0.25, -0.2) is 0 Å². The van der Waals surface area contributed by atoms with Gasteiger partial charge in [0.1, 0.15) is 12.4 Å². The molecule has 3 rings (SSSR count). The molecule has 0 bridgehead atoms. The zero-order valence-corrected chi connectivity index (χ0v) is 17.2. The topological polar surface area (TPSA) is 48.4 Å². The maximum Gasteiger partial charge on any atom is 0.199 e. The summed E-state index contributed by atoms with van der Waals surface area (Å²) in [5.74, 6) is 1.13. The van der Waals surface area contributed by atoms with Crippen LogP contribution in [0.15, 0.2) is 78.9 Å². The molecule has 0 atom stereocenters. The van der Waals surface area contributed by atoms with Gasteiger partial charge in [-0.2, -0.15) is 0 Å². The van der Waals surface area contributed by atoms with Crippen LogP contribution in [-0.2, 0) is 13.0 Å². The van der Waals surface area contributed by atoms with Crippen LogP contribution in [0.3, 0.4) is 0 Å². The van der Waals surface area contributed by atoms with Crippen molar-refractivity contribution in [1.29, 1.82) is 5.41 Å². The number of ether oxygens (including phenoxy) is 1. The maximum atomic E-state index is 8.36. The van der Waals surface area contributed by atoms with Gasteiger partial charge in [-0.1, -0.05) is 55.8 Å². The Kier molecular flexibility index (Phi) is 7.28. The molecule has 29 heavy (non-hydrogen) atoms. The van der Waals surface area contributed by atoms with Crippen molar-refractivity contribution in [2.24, 2.45) is 0 Å². The van der Waals surface area contributed by atoms with Crippen LogP contribution in [0.4, 0.5) is 11.4 Å². The number of aryl methyl sites for hydroxylation is 1. The fourth-order valence-corrected chi connectivity index (χ4v) is 2.99. The third-order valence-electron chi connectivity index (χ3n) is 4.84. The van der Waals surface area contributed by atoms with Crippen LogP contribution < -0.4 is 15.0 Å². The van der Waals surface area contributed by atoms with Crippen LogP contribution in [0.5, 0.6) is 5.75 Å². The average molecular weight is 388 g/mol. The molecule has 0 unspecified atom stereocenters. The Labute approximate surface area is 173 Å². The summed E-state index contributed by atoms with van der Waals surface area (Å²) >= 11 is 0. The molecule has 2 N–H and O–H groups in total. The molecule has 4 heteroatoms. The highest BCUT2D eigenvalue weighted by molar-refractivity contribution is 6.02. The number of hydrogen-bond acceptors (Lipinski definition) is 2. The fraction of sp³-hybridized carbons (Fsp3) is 0.240. The van der Waals surface area contributed by atoms with Gasteiger partial charge in [-0.3, -0.25) is 5.41 Å². The number of nitrogens with one attached hydrogen (secondary N) is 2. The molecule has 0 aliphatic heterocycles. The Morgan fingerprint density at radius 2 is 1.59 bits per heavy atom. The predicted octanol–water partition coefficient (Wildman–Crippen LogP) is 6.09. The smallest absolute Gasteiger partial charge is 0.199 e. The molecular formula is C25H29N3O. The second-order valence-electron chi connectivity index (χ2n) is 7.10. The minimum atomic E-state index is 0.323. The molecule has 3 aromatic carbocycles. The van der Waals surface area contributed by atoms with Crippen LogP contribution >= 0.6 is 0 Å². The number of hydrogen-bond donors (Lipinski definition) is 2. The number of anilines is 2. The largest absolute Gasteiger partial charge is 0.489 e. The van der Waals surface area contributed by atoms with Crippen molar-refractivity contribution in [2.45, 2.75) is 32.8 Å². The minimum absolute atomic E-state index is 0.323. The molecule has 0 radical (unpaired) electrons. The Balaban J connectivity index is 1.53. The lowest BCUT2D eigenvalue weighted by molar-refractivity contribution is 0.306. The quantitative estimate of drug-likeness (QED) is 0.363. The third kappa shape index (κ3) is 6.11. The van der Waals surface area contributed by atoms with Crippen molar-refractivity contribution >= 4 is 17.3 Å². The number of unbranched alkanes of at least 4 members (excludes halogenated alkanes) is 1. The standard InChI is InChI=1S/C25H29N3O/c1-3-4-8-20-11-15-23(16-12-20)28(2)25(26)27-22-13-17-24(18-14-22)29-19-21-9-6-5-7-10-21/h5-7,9-18H,3-4,8,19H2,1-2H3,(H2,26,27). The molecule has 4 nitrogen and oxygen atoms in total. The average Bonchev–Trinajstić information content (AvgIpc) is 2.77. The summed E-state index contributed by atoms with van der Waals surface area (Å²) < 4.78 is 5.82. The Morgan fingerprint density at radius 1 is 0.897 bits per heavy atom. The summed E-state index contributed by atoms with van der Waals surface area (Å²) in [7, 11) is 1.90. The van der Waals surface area contributed by atoms with E-state index in [1.54, 1.807) is 0 Å². The van der Waals surface area contributed by atoms with E-state index in [0.717, 1.165) is 29.1 Å². The second-order valence-corrected chi connectivity index (χ2v) is 7.10. The molecule has 0 aromatic heterocycles. The first-order valence-electron chi connectivity index (χ1n) is 10.1. The van der Waals surface area contributed by atoms with E-state index >= 15 is 0 Å². The van der Waals surface area contributed by atoms with Crippen molar-refractivity contribution in [1.82, 2.24) is 0 Å². The van der Waals surface area contributed by atoms with Crippen LogP contribution in [-0.4, -0.2) is 13.0 Å². The Bertz CT molecular complexity index is 890. The van der Waals surface area contributed by atoms with Crippen molar-refractivity contribution in [3.63, 3.8) is 0 Å². The molecule has 0 spiro atoms. The SMILES string of the molecule is CCCCc1ccc(N(C)C(=N)Nc2ccc(OCc3ccccc3)cc2)cc1. The summed E-state index contributed by atoms with van der Waals surface area (Å²) in [6.45, 7) is 2.75. The van der Waals surface area contributed by atoms with Crippen LogP contribution in [0.2, 0.25) is 0 Å². The maximum absolute atomic E-state index is 8.36. The van der Waals surface area contributed by atoms with Gasteiger partial charge in [-0.05, 0) is 60.4 Å². The molecule has 0 amide bonds. The van der Waals surface area contributed by atoms with Crippen LogP contribution in [0.25, 0.3) is 0 Å². The van der Waals surface area contributed by atoms with E-state index in [0.29, 0.717) is 12.6 Å². The van der Waals surface area contributed by atoms with Crippen LogP contribution in [0, 0.1) is 5.41 Å². The number of rotatable bonds is 8. The van der Waals surface area contributed by atoms with E-state index in [1.165, 1.54) is 18.4 Å². The highest BCUT2D eigenvalue weighted by atomic mass is 16.5. The second kappa shape index (κ2) is 10.3. The number of benzene rings is 3. The van der Waals surface area contributed by atoms with E-state index in [1.807, 2.05) is 66.5 Å². The van der Waals surface area contributed by atoms with Gasteiger partial charge in [0.25, 0.3) is 0 Å². The van der Waals surface area contributed by atoms with Gasteiger partial charge in [-0.15, -0.1) is 0 Å². The van der Waals surface area contributed by atoms with Crippen molar-refractivity contribution in [3.05, 3.63) is 90.0 Å². The van der Waals surface area contributed by atoms with Gasteiger partial charge in [0.15, 0.2) is 5.96 Å². The minimum Gasteiger partial charge on any atom is -0.489 e. The summed E-state index contributed by atoms with van der Waals surface area (Å²) in [4.78, 5) is 1.84. The predicted molar refractivity (Wildman–Crippen MR) is 122 cm³/mol. The molecule has 0 aliphatic rings. The normalized spacial score (nSPS) is 10.4. The molecule has 0 heterocycles. The van der Waals surface area contributed by atoms with Gasteiger partial charge >= 0.3 is 0 Å². The molecule has 0 saturated heterocycles.